The van der Waals surface area contributed by atoms with E-state index in [-0.39, 0.29) is 5.54 Å². The zero-order valence-corrected chi connectivity index (χ0v) is 14.3. The van der Waals surface area contributed by atoms with E-state index in [4.69, 9.17) is 5.73 Å². The number of likely N-dealkylation sites (N-methyl/N-ethyl adjacent to an activating group) is 1. The summed E-state index contributed by atoms with van der Waals surface area (Å²) in [4.78, 5) is 5.08. The molecule has 0 amide bonds. The molecule has 0 aromatic heterocycles. The van der Waals surface area contributed by atoms with Gasteiger partial charge in [-0.3, -0.25) is 4.90 Å². The second-order valence-corrected chi connectivity index (χ2v) is 8.37. The predicted octanol–water partition coefficient (Wildman–Crippen LogP) is 2.41. The van der Waals surface area contributed by atoms with Crippen molar-refractivity contribution in [3.8, 4) is 0 Å². The summed E-state index contributed by atoms with van der Waals surface area (Å²) >= 11 is 0. The van der Waals surface area contributed by atoms with Gasteiger partial charge in [-0.2, -0.15) is 0 Å². The van der Waals surface area contributed by atoms with Gasteiger partial charge in [-0.25, -0.2) is 0 Å². The first-order chi connectivity index (χ1) is 9.29. The summed E-state index contributed by atoms with van der Waals surface area (Å²) in [6.45, 7) is 11.8. The molecule has 3 atom stereocenters. The van der Waals surface area contributed by atoms with Crippen LogP contribution in [0.25, 0.3) is 0 Å². The van der Waals surface area contributed by atoms with E-state index in [1.165, 1.54) is 45.3 Å². The van der Waals surface area contributed by atoms with Crippen LogP contribution in [0.15, 0.2) is 0 Å². The molecule has 1 heterocycles. The van der Waals surface area contributed by atoms with Crippen LogP contribution in [0.2, 0.25) is 0 Å². The summed E-state index contributed by atoms with van der Waals surface area (Å²) in [5.41, 5.74) is 6.99. The van der Waals surface area contributed by atoms with Crippen LogP contribution < -0.4 is 5.73 Å². The highest BCUT2D eigenvalue weighted by Gasteiger charge is 2.45. The molecule has 3 unspecified atom stereocenters. The van der Waals surface area contributed by atoms with Gasteiger partial charge in [-0.15, -0.1) is 0 Å². The molecule has 0 aromatic rings. The summed E-state index contributed by atoms with van der Waals surface area (Å²) in [5, 5.41) is 0. The Bertz CT molecular complexity index is 328. The molecule has 0 aromatic carbocycles. The molecule has 0 radical (unpaired) electrons. The number of nitrogens with zero attached hydrogens (tertiary/aromatic N) is 2. The van der Waals surface area contributed by atoms with E-state index in [2.05, 4.69) is 44.7 Å². The maximum absolute atomic E-state index is 6.27. The van der Waals surface area contributed by atoms with Crippen LogP contribution in [0.3, 0.4) is 0 Å². The Morgan fingerprint density at radius 1 is 1.30 bits per heavy atom. The Kier molecular flexibility index (Phi) is 4.83. The first kappa shape index (κ1) is 16.3. The minimum atomic E-state index is 0.233. The zero-order valence-electron chi connectivity index (χ0n) is 14.3. The molecule has 1 saturated heterocycles. The third-order valence-electron chi connectivity index (χ3n) is 6.15. The highest BCUT2D eigenvalue weighted by atomic mass is 15.2. The maximum Gasteiger partial charge on any atom is 0.0354 e. The smallest absolute Gasteiger partial charge is 0.0354 e. The first-order valence-corrected chi connectivity index (χ1v) is 8.39. The number of likely N-dealkylation sites (tertiary alicyclic amines) is 1. The van der Waals surface area contributed by atoms with Crippen molar-refractivity contribution in [3.63, 3.8) is 0 Å². The number of nitrogens with two attached hydrogens (primary N) is 1. The molecule has 2 N–H and O–H groups in total. The van der Waals surface area contributed by atoms with Crippen molar-refractivity contribution >= 4 is 0 Å². The van der Waals surface area contributed by atoms with Gasteiger partial charge in [0.15, 0.2) is 0 Å². The Labute approximate surface area is 125 Å². The Morgan fingerprint density at radius 2 is 2.00 bits per heavy atom. The van der Waals surface area contributed by atoms with Crippen LogP contribution in [0.1, 0.15) is 46.5 Å². The van der Waals surface area contributed by atoms with E-state index in [0.717, 1.165) is 12.5 Å². The van der Waals surface area contributed by atoms with Gasteiger partial charge in [-0.1, -0.05) is 20.8 Å². The van der Waals surface area contributed by atoms with Crippen LogP contribution in [-0.4, -0.2) is 55.6 Å². The van der Waals surface area contributed by atoms with E-state index in [1.54, 1.807) is 0 Å². The van der Waals surface area contributed by atoms with Gasteiger partial charge in [0.1, 0.15) is 0 Å². The van der Waals surface area contributed by atoms with E-state index in [0.29, 0.717) is 11.3 Å². The quantitative estimate of drug-likeness (QED) is 0.859. The van der Waals surface area contributed by atoms with Gasteiger partial charge in [0.2, 0.25) is 0 Å². The molecule has 3 heteroatoms. The minimum Gasteiger partial charge on any atom is -0.329 e. The fourth-order valence-electron chi connectivity index (χ4n) is 4.69. The zero-order chi connectivity index (χ0) is 15.0. The maximum atomic E-state index is 6.27. The number of hydrogen-bond acceptors (Lipinski definition) is 3. The van der Waals surface area contributed by atoms with Gasteiger partial charge < -0.3 is 10.6 Å². The third-order valence-corrected chi connectivity index (χ3v) is 6.15. The molecule has 2 fully saturated rings. The average molecular weight is 281 g/mol. The molecule has 20 heavy (non-hydrogen) atoms. The molecule has 1 aliphatic heterocycles. The normalized spacial score (nSPS) is 38.5. The summed E-state index contributed by atoms with van der Waals surface area (Å²) < 4.78 is 0. The third kappa shape index (κ3) is 3.20. The minimum absolute atomic E-state index is 0.233. The summed E-state index contributed by atoms with van der Waals surface area (Å²) in [6.07, 6.45) is 5.22. The number of hydrogen-bond donors (Lipinski definition) is 1. The van der Waals surface area contributed by atoms with Crippen LogP contribution >= 0.6 is 0 Å². The fraction of sp³-hybridized carbons (Fsp3) is 1.00. The second kappa shape index (κ2) is 5.94. The van der Waals surface area contributed by atoms with Crippen LogP contribution in [0, 0.1) is 17.3 Å². The van der Waals surface area contributed by atoms with Gasteiger partial charge in [0.05, 0.1) is 0 Å². The lowest BCUT2D eigenvalue weighted by Crippen LogP contribution is -2.60. The Balaban J connectivity index is 2.02. The Morgan fingerprint density at radius 3 is 2.50 bits per heavy atom. The lowest BCUT2D eigenvalue weighted by molar-refractivity contribution is -0.0139. The molecule has 2 rings (SSSR count). The number of rotatable bonds is 4. The standard InChI is InChI=1S/C17H35N3/c1-14-10-16(2,3)7-8-17(14,13-18)20(5)12-15-6-9-19(4)11-15/h14-15H,6-13,18H2,1-5H3. The molecule has 118 valence electrons. The highest BCUT2D eigenvalue weighted by Crippen LogP contribution is 2.46. The highest BCUT2D eigenvalue weighted by molar-refractivity contribution is 5.01. The van der Waals surface area contributed by atoms with Gasteiger partial charge in [0.25, 0.3) is 0 Å². The molecule has 3 nitrogen and oxygen atoms in total. The largest absolute Gasteiger partial charge is 0.329 e. The van der Waals surface area contributed by atoms with Crippen molar-refractivity contribution in [3.05, 3.63) is 0 Å². The van der Waals surface area contributed by atoms with Crippen molar-refractivity contribution in [1.29, 1.82) is 0 Å². The molecule has 0 bridgehead atoms. The lowest BCUT2D eigenvalue weighted by atomic mass is 9.63. The fourth-order valence-corrected chi connectivity index (χ4v) is 4.69. The van der Waals surface area contributed by atoms with Gasteiger partial charge >= 0.3 is 0 Å². The molecular formula is C17H35N3. The van der Waals surface area contributed by atoms with E-state index in [1.807, 2.05) is 0 Å². The van der Waals surface area contributed by atoms with Gasteiger partial charge in [-0.05, 0) is 63.6 Å². The van der Waals surface area contributed by atoms with Crippen molar-refractivity contribution in [2.45, 2.75) is 52.0 Å². The summed E-state index contributed by atoms with van der Waals surface area (Å²) in [5.74, 6) is 1.52. The van der Waals surface area contributed by atoms with Crippen LogP contribution in [0.4, 0.5) is 0 Å². The lowest BCUT2D eigenvalue weighted by Gasteiger charge is -2.53. The van der Waals surface area contributed by atoms with E-state index >= 15 is 0 Å². The van der Waals surface area contributed by atoms with E-state index in [9.17, 15) is 0 Å². The molecule has 1 saturated carbocycles. The second-order valence-electron chi connectivity index (χ2n) is 8.37. The van der Waals surface area contributed by atoms with Crippen LogP contribution in [-0.2, 0) is 0 Å². The predicted molar refractivity (Wildman–Crippen MR) is 86.8 cm³/mol. The van der Waals surface area contributed by atoms with E-state index < -0.39 is 0 Å². The molecule has 1 aliphatic carbocycles. The summed E-state index contributed by atoms with van der Waals surface area (Å²) in [6, 6.07) is 0. The molecule has 2 aliphatic rings. The Hall–Kier alpha value is -0.120. The van der Waals surface area contributed by atoms with Crippen molar-refractivity contribution in [2.24, 2.45) is 23.0 Å². The van der Waals surface area contributed by atoms with Crippen molar-refractivity contribution < 1.29 is 0 Å². The first-order valence-electron chi connectivity index (χ1n) is 8.39. The average Bonchev–Trinajstić information content (AvgIpc) is 2.74. The monoisotopic (exact) mass is 281 g/mol. The topological polar surface area (TPSA) is 32.5 Å². The van der Waals surface area contributed by atoms with Crippen molar-refractivity contribution in [1.82, 2.24) is 9.80 Å². The van der Waals surface area contributed by atoms with Crippen molar-refractivity contribution in [2.75, 3.05) is 40.3 Å². The molecule has 0 spiro atoms. The summed E-state index contributed by atoms with van der Waals surface area (Å²) in [7, 11) is 4.56. The SMILES string of the molecule is CC1CC(C)(C)CCC1(CN)N(C)CC1CCN(C)C1. The van der Waals surface area contributed by atoms with Gasteiger partial charge in [0, 0.05) is 25.2 Å². The van der Waals surface area contributed by atoms with Crippen LogP contribution in [0.5, 0.6) is 0 Å². The molecular weight excluding hydrogens is 246 g/mol.